The highest BCUT2D eigenvalue weighted by Gasteiger charge is 2.31. The van der Waals surface area contributed by atoms with E-state index in [1.54, 1.807) is 6.26 Å². The lowest BCUT2D eigenvalue weighted by molar-refractivity contribution is -0.137. The van der Waals surface area contributed by atoms with Gasteiger partial charge in [0, 0.05) is 0 Å². The summed E-state index contributed by atoms with van der Waals surface area (Å²) in [6.07, 6.45) is 0.383. The van der Waals surface area contributed by atoms with Crippen molar-refractivity contribution in [1.29, 1.82) is 0 Å². The standard InChI is InChI=1S/C13H13F4NO/c14-11-5-4-9(13(15,16)17)7-12(11)18-8-10-3-1-2-6-19-10/h2,4-7,10,18H,1,3,8H2. The maximum absolute atomic E-state index is 13.4. The second-order valence-electron chi connectivity index (χ2n) is 4.28. The van der Waals surface area contributed by atoms with Crippen molar-refractivity contribution in [2.24, 2.45) is 0 Å². The van der Waals surface area contributed by atoms with Crippen LogP contribution in [0.2, 0.25) is 0 Å². The molecule has 0 aliphatic carbocycles. The molecule has 19 heavy (non-hydrogen) atoms. The van der Waals surface area contributed by atoms with Gasteiger partial charge in [0.25, 0.3) is 0 Å². The summed E-state index contributed by atoms with van der Waals surface area (Å²) in [7, 11) is 0. The van der Waals surface area contributed by atoms with E-state index in [1.165, 1.54) is 0 Å². The van der Waals surface area contributed by atoms with Crippen molar-refractivity contribution in [2.45, 2.75) is 25.1 Å². The molecule has 1 unspecified atom stereocenters. The van der Waals surface area contributed by atoms with E-state index in [9.17, 15) is 17.6 Å². The number of halogens is 4. The number of hydrogen-bond donors (Lipinski definition) is 1. The Labute approximate surface area is 108 Å². The summed E-state index contributed by atoms with van der Waals surface area (Å²) in [5.41, 5.74) is -1.03. The van der Waals surface area contributed by atoms with E-state index in [0.717, 1.165) is 31.0 Å². The van der Waals surface area contributed by atoms with Gasteiger partial charge in [-0.25, -0.2) is 4.39 Å². The van der Waals surface area contributed by atoms with Gasteiger partial charge in [0.2, 0.25) is 0 Å². The highest BCUT2D eigenvalue weighted by atomic mass is 19.4. The average molecular weight is 275 g/mol. The molecule has 1 aliphatic rings. The van der Waals surface area contributed by atoms with Gasteiger partial charge in [-0.3, -0.25) is 0 Å². The number of rotatable bonds is 3. The van der Waals surface area contributed by atoms with Crippen LogP contribution in [0.5, 0.6) is 0 Å². The largest absolute Gasteiger partial charge is 0.497 e. The Kier molecular flexibility index (Phi) is 3.97. The lowest BCUT2D eigenvalue weighted by atomic mass is 10.1. The molecule has 1 heterocycles. The van der Waals surface area contributed by atoms with Crippen LogP contribution < -0.4 is 5.32 Å². The van der Waals surface area contributed by atoms with E-state index in [-0.39, 0.29) is 18.3 Å². The van der Waals surface area contributed by atoms with Crippen LogP contribution in [0.4, 0.5) is 23.2 Å². The van der Waals surface area contributed by atoms with E-state index >= 15 is 0 Å². The van der Waals surface area contributed by atoms with Gasteiger partial charge in [0.1, 0.15) is 11.9 Å². The molecule has 0 spiro atoms. The second kappa shape index (κ2) is 5.50. The molecule has 0 fully saturated rings. The molecule has 104 valence electrons. The van der Waals surface area contributed by atoms with Gasteiger partial charge in [0.05, 0.1) is 24.1 Å². The first kappa shape index (κ1) is 13.7. The fraction of sp³-hybridized carbons (Fsp3) is 0.385. The fourth-order valence-electron chi connectivity index (χ4n) is 1.80. The van der Waals surface area contributed by atoms with Crippen LogP contribution in [0, 0.1) is 5.82 Å². The third kappa shape index (κ3) is 3.62. The molecule has 0 radical (unpaired) electrons. The van der Waals surface area contributed by atoms with Crippen molar-refractivity contribution in [1.82, 2.24) is 0 Å². The Balaban J connectivity index is 2.04. The number of allylic oxidation sites excluding steroid dienone is 1. The molecule has 1 aromatic carbocycles. The van der Waals surface area contributed by atoms with Crippen LogP contribution in [0.15, 0.2) is 30.5 Å². The highest BCUT2D eigenvalue weighted by Crippen LogP contribution is 2.31. The van der Waals surface area contributed by atoms with E-state index < -0.39 is 17.6 Å². The van der Waals surface area contributed by atoms with Crippen molar-refractivity contribution in [3.8, 4) is 0 Å². The maximum atomic E-state index is 13.4. The third-order valence-corrected chi connectivity index (χ3v) is 2.84. The normalized spacial score (nSPS) is 19.1. The van der Waals surface area contributed by atoms with Gasteiger partial charge in [-0.2, -0.15) is 13.2 Å². The van der Waals surface area contributed by atoms with Crippen LogP contribution in [0.1, 0.15) is 18.4 Å². The minimum absolute atomic E-state index is 0.154. The predicted molar refractivity (Wildman–Crippen MR) is 63.1 cm³/mol. The van der Waals surface area contributed by atoms with Gasteiger partial charge in [-0.1, -0.05) is 0 Å². The van der Waals surface area contributed by atoms with Crippen molar-refractivity contribution < 1.29 is 22.3 Å². The maximum Gasteiger partial charge on any atom is 0.416 e. The van der Waals surface area contributed by atoms with Crippen LogP contribution in [-0.2, 0) is 10.9 Å². The summed E-state index contributed by atoms with van der Waals surface area (Å²) in [5.74, 6) is -0.709. The number of alkyl halides is 3. The van der Waals surface area contributed by atoms with Crippen molar-refractivity contribution in [3.63, 3.8) is 0 Å². The topological polar surface area (TPSA) is 21.3 Å². The molecule has 2 nitrogen and oxygen atoms in total. The number of anilines is 1. The number of hydrogen-bond acceptors (Lipinski definition) is 2. The third-order valence-electron chi connectivity index (χ3n) is 2.84. The molecule has 1 aromatic rings. The summed E-state index contributed by atoms with van der Waals surface area (Å²) in [6.45, 7) is 0.266. The Morgan fingerprint density at radius 1 is 1.32 bits per heavy atom. The second-order valence-corrected chi connectivity index (χ2v) is 4.28. The summed E-state index contributed by atoms with van der Waals surface area (Å²) in [5, 5.41) is 2.66. The van der Waals surface area contributed by atoms with Crippen LogP contribution in [-0.4, -0.2) is 12.6 Å². The van der Waals surface area contributed by atoms with E-state index in [4.69, 9.17) is 4.74 Å². The highest BCUT2D eigenvalue weighted by molar-refractivity contribution is 5.48. The fourth-order valence-corrected chi connectivity index (χ4v) is 1.80. The zero-order chi connectivity index (χ0) is 13.9. The number of benzene rings is 1. The number of ether oxygens (including phenoxy) is 1. The Morgan fingerprint density at radius 3 is 2.74 bits per heavy atom. The summed E-state index contributed by atoms with van der Waals surface area (Å²) in [4.78, 5) is 0. The van der Waals surface area contributed by atoms with Gasteiger partial charge < -0.3 is 10.1 Å². The van der Waals surface area contributed by atoms with Gasteiger partial charge in [-0.15, -0.1) is 0 Å². The summed E-state index contributed by atoms with van der Waals surface area (Å²) in [6, 6.07) is 2.31. The van der Waals surface area contributed by atoms with Gasteiger partial charge >= 0.3 is 6.18 Å². The molecular formula is C13H13F4NO. The molecule has 0 bridgehead atoms. The molecule has 1 N–H and O–H groups in total. The monoisotopic (exact) mass is 275 g/mol. The lowest BCUT2D eigenvalue weighted by Crippen LogP contribution is -2.23. The minimum Gasteiger partial charge on any atom is -0.497 e. The number of nitrogens with one attached hydrogen (secondary N) is 1. The molecule has 0 saturated heterocycles. The van der Waals surface area contributed by atoms with Gasteiger partial charge in [0.15, 0.2) is 0 Å². The molecule has 1 atom stereocenters. The smallest absolute Gasteiger partial charge is 0.416 e. The first-order chi connectivity index (χ1) is 8.97. The Hall–Kier alpha value is -1.72. The predicted octanol–water partition coefficient (Wildman–Crippen LogP) is 3.95. The Morgan fingerprint density at radius 2 is 2.11 bits per heavy atom. The molecule has 0 amide bonds. The average Bonchev–Trinajstić information content (AvgIpc) is 2.37. The molecule has 0 saturated carbocycles. The summed E-state index contributed by atoms with van der Waals surface area (Å²) < 4.78 is 56.2. The zero-order valence-corrected chi connectivity index (χ0v) is 10.0. The molecule has 6 heteroatoms. The first-order valence-corrected chi connectivity index (χ1v) is 5.88. The van der Waals surface area contributed by atoms with Gasteiger partial charge in [-0.05, 0) is 37.1 Å². The molecular weight excluding hydrogens is 262 g/mol. The first-order valence-electron chi connectivity index (χ1n) is 5.88. The quantitative estimate of drug-likeness (QED) is 0.843. The molecule has 1 aliphatic heterocycles. The van der Waals surface area contributed by atoms with Crippen molar-refractivity contribution in [3.05, 3.63) is 41.9 Å². The minimum atomic E-state index is -4.48. The van der Waals surface area contributed by atoms with Crippen molar-refractivity contribution >= 4 is 5.69 Å². The lowest BCUT2D eigenvalue weighted by Gasteiger charge is -2.20. The SMILES string of the molecule is Fc1ccc(C(F)(F)F)cc1NCC1CCC=CO1. The van der Waals surface area contributed by atoms with Crippen LogP contribution in [0.3, 0.4) is 0 Å². The Bertz CT molecular complexity index is 470. The summed E-state index contributed by atoms with van der Waals surface area (Å²) >= 11 is 0. The molecule has 0 aromatic heterocycles. The van der Waals surface area contributed by atoms with Crippen LogP contribution in [0.25, 0.3) is 0 Å². The van der Waals surface area contributed by atoms with Crippen molar-refractivity contribution in [2.75, 3.05) is 11.9 Å². The van der Waals surface area contributed by atoms with E-state index in [2.05, 4.69) is 5.32 Å². The van der Waals surface area contributed by atoms with Crippen LogP contribution >= 0.6 is 0 Å². The zero-order valence-electron chi connectivity index (χ0n) is 10.0. The molecule has 2 rings (SSSR count). The van der Waals surface area contributed by atoms with E-state index in [0.29, 0.717) is 0 Å². The van der Waals surface area contributed by atoms with E-state index in [1.807, 2.05) is 6.08 Å².